The number of hydrogen-bond acceptors (Lipinski definition) is 5. The van der Waals surface area contributed by atoms with Crippen molar-refractivity contribution in [2.75, 3.05) is 25.1 Å². The molecule has 0 unspecified atom stereocenters. The summed E-state index contributed by atoms with van der Waals surface area (Å²) in [5.41, 5.74) is 1.24. The summed E-state index contributed by atoms with van der Waals surface area (Å²) in [5.74, 6) is 1.35. The fourth-order valence-corrected chi connectivity index (χ4v) is 2.68. The van der Waals surface area contributed by atoms with Gasteiger partial charge in [0.25, 0.3) is 5.91 Å². The first-order valence-electron chi connectivity index (χ1n) is 7.76. The lowest BCUT2D eigenvalue weighted by Gasteiger charge is -2.15. The van der Waals surface area contributed by atoms with Gasteiger partial charge >= 0.3 is 0 Å². The maximum Gasteiger partial charge on any atom is 0.272 e. The Morgan fingerprint density at radius 2 is 1.96 bits per heavy atom. The van der Waals surface area contributed by atoms with Crippen LogP contribution in [-0.4, -0.2) is 36.3 Å². The lowest BCUT2D eigenvalue weighted by molar-refractivity contribution is 0.0944. The fraction of sp³-hybridized carbons (Fsp3) is 0.353. The van der Waals surface area contributed by atoms with E-state index in [0.717, 1.165) is 30.2 Å². The van der Waals surface area contributed by atoms with Gasteiger partial charge in [-0.05, 0) is 31.0 Å². The Morgan fingerprint density at radius 3 is 2.65 bits per heavy atom. The van der Waals surface area contributed by atoms with Crippen LogP contribution in [0.1, 0.15) is 28.9 Å². The van der Waals surface area contributed by atoms with Gasteiger partial charge in [0.15, 0.2) is 11.5 Å². The zero-order valence-electron chi connectivity index (χ0n) is 13.2. The lowest BCUT2D eigenvalue weighted by atomic mass is 10.2. The van der Waals surface area contributed by atoms with Crippen LogP contribution in [0.15, 0.2) is 36.4 Å². The molecule has 1 aliphatic rings. The van der Waals surface area contributed by atoms with E-state index in [0.29, 0.717) is 12.2 Å². The van der Waals surface area contributed by atoms with Crippen LogP contribution in [0.25, 0.3) is 0 Å². The second kappa shape index (κ2) is 7.09. The van der Waals surface area contributed by atoms with Crippen LogP contribution in [0.2, 0.25) is 0 Å². The number of carbonyl (C=O) groups is 1. The molecule has 1 N–H and O–H groups in total. The minimum absolute atomic E-state index is 0.239. The second-order valence-electron chi connectivity index (χ2n) is 5.47. The van der Waals surface area contributed by atoms with Gasteiger partial charge in [-0.1, -0.05) is 18.2 Å². The van der Waals surface area contributed by atoms with Crippen LogP contribution >= 0.6 is 0 Å². The molecule has 1 aromatic heterocycles. The van der Waals surface area contributed by atoms with Gasteiger partial charge in [-0.3, -0.25) is 4.79 Å². The van der Waals surface area contributed by atoms with Crippen LogP contribution in [-0.2, 0) is 6.54 Å². The molecule has 0 saturated carbocycles. The predicted molar refractivity (Wildman–Crippen MR) is 87.6 cm³/mol. The molecule has 3 rings (SSSR count). The van der Waals surface area contributed by atoms with Crippen LogP contribution in [0.5, 0.6) is 5.75 Å². The Hall–Kier alpha value is -2.63. The van der Waals surface area contributed by atoms with E-state index in [-0.39, 0.29) is 5.91 Å². The van der Waals surface area contributed by atoms with Crippen molar-refractivity contribution in [3.8, 4) is 5.75 Å². The minimum Gasteiger partial charge on any atom is -0.496 e. The molecule has 23 heavy (non-hydrogen) atoms. The van der Waals surface area contributed by atoms with E-state index in [2.05, 4.69) is 20.4 Å². The fourth-order valence-electron chi connectivity index (χ4n) is 2.68. The Balaban J connectivity index is 1.61. The molecule has 1 aliphatic heterocycles. The largest absolute Gasteiger partial charge is 0.496 e. The standard InChI is InChI=1S/C17H20N4O2/c1-23-15-7-3-2-6-13(15)12-18-17(22)14-8-9-16(20-19-14)21-10-4-5-11-21/h2-3,6-9H,4-5,10-12H2,1H3,(H,18,22). The molecule has 1 aromatic carbocycles. The highest BCUT2D eigenvalue weighted by Crippen LogP contribution is 2.18. The van der Waals surface area contributed by atoms with E-state index in [9.17, 15) is 4.79 Å². The van der Waals surface area contributed by atoms with Crippen LogP contribution in [0.3, 0.4) is 0 Å². The summed E-state index contributed by atoms with van der Waals surface area (Å²) >= 11 is 0. The first-order chi connectivity index (χ1) is 11.3. The summed E-state index contributed by atoms with van der Waals surface area (Å²) in [6, 6.07) is 11.2. The molecule has 0 spiro atoms. The summed E-state index contributed by atoms with van der Waals surface area (Å²) in [7, 11) is 1.61. The third-order valence-corrected chi connectivity index (χ3v) is 3.95. The van der Waals surface area contributed by atoms with Crippen molar-refractivity contribution in [2.45, 2.75) is 19.4 Å². The highest BCUT2D eigenvalue weighted by Gasteiger charge is 2.15. The Labute approximate surface area is 135 Å². The van der Waals surface area contributed by atoms with Gasteiger partial charge in [-0.25, -0.2) is 0 Å². The van der Waals surface area contributed by atoms with Gasteiger partial charge in [0.1, 0.15) is 5.75 Å². The van der Waals surface area contributed by atoms with Crippen molar-refractivity contribution >= 4 is 11.7 Å². The molecule has 6 heteroatoms. The zero-order valence-corrected chi connectivity index (χ0v) is 13.2. The van der Waals surface area contributed by atoms with Crippen molar-refractivity contribution in [1.29, 1.82) is 0 Å². The number of anilines is 1. The number of carbonyl (C=O) groups excluding carboxylic acids is 1. The Kier molecular flexibility index (Phi) is 4.71. The number of rotatable bonds is 5. The number of para-hydroxylation sites is 1. The van der Waals surface area contributed by atoms with Crippen LogP contribution < -0.4 is 15.0 Å². The van der Waals surface area contributed by atoms with Gasteiger partial charge in [0, 0.05) is 25.2 Å². The number of hydrogen-bond donors (Lipinski definition) is 1. The maximum atomic E-state index is 12.2. The van der Waals surface area contributed by atoms with E-state index in [1.165, 1.54) is 12.8 Å². The van der Waals surface area contributed by atoms with E-state index >= 15 is 0 Å². The normalized spacial score (nSPS) is 13.9. The number of nitrogens with one attached hydrogen (secondary N) is 1. The highest BCUT2D eigenvalue weighted by molar-refractivity contribution is 5.92. The van der Waals surface area contributed by atoms with Gasteiger partial charge < -0.3 is 15.0 Å². The molecule has 2 heterocycles. The molecule has 1 amide bonds. The number of aromatic nitrogens is 2. The number of nitrogens with zero attached hydrogens (tertiary/aromatic N) is 3. The molecule has 0 atom stereocenters. The lowest BCUT2D eigenvalue weighted by Crippen LogP contribution is -2.25. The predicted octanol–water partition coefficient (Wildman–Crippen LogP) is 2.02. The summed E-state index contributed by atoms with van der Waals surface area (Å²) < 4.78 is 5.27. The Bertz CT molecular complexity index is 667. The summed E-state index contributed by atoms with van der Waals surface area (Å²) in [6.07, 6.45) is 2.37. The van der Waals surface area contributed by atoms with Crippen molar-refractivity contribution in [3.05, 3.63) is 47.7 Å². The summed E-state index contributed by atoms with van der Waals surface area (Å²) in [6.45, 7) is 2.40. The first kappa shape index (κ1) is 15.3. The highest BCUT2D eigenvalue weighted by atomic mass is 16.5. The molecule has 0 aliphatic carbocycles. The molecular weight excluding hydrogens is 292 g/mol. The quantitative estimate of drug-likeness (QED) is 0.915. The van der Waals surface area contributed by atoms with E-state index in [1.54, 1.807) is 13.2 Å². The monoisotopic (exact) mass is 312 g/mol. The molecular formula is C17H20N4O2. The van der Waals surface area contributed by atoms with Crippen molar-refractivity contribution in [3.63, 3.8) is 0 Å². The summed E-state index contributed by atoms with van der Waals surface area (Å²) in [4.78, 5) is 14.4. The van der Waals surface area contributed by atoms with Gasteiger partial charge in [-0.15, -0.1) is 10.2 Å². The topological polar surface area (TPSA) is 67.3 Å². The molecule has 0 bridgehead atoms. The first-order valence-corrected chi connectivity index (χ1v) is 7.76. The SMILES string of the molecule is COc1ccccc1CNC(=O)c1ccc(N2CCCC2)nn1. The van der Waals surface area contributed by atoms with Crippen LogP contribution in [0, 0.1) is 0 Å². The van der Waals surface area contributed by atoms with Crippen molar-refractivity contribution < 1.29 is 9.53 Å². The Morgan fingerprint density at radius 1 is 1.17 bits per heavy atom. The number of methoxy groups -OCH3 is 1. The summed E-state index contributed by atoms with van der Waals surface area (Å²) in [5, 5.41) is 11.0. The molecule has 0 radical (unpaired) electrons. The maximum absolute atomic E-state index is 12.2. The van der Waals surface area contributed by atoms with E-state index < -0.39 is 0 Å². The van der Waals surface area contributed by atoms with E-state index in [1.807, 2.05) is 30.3 Å². The third-order valence-electron chi connectivity index (χ3n) is 3.95. The van der Waals surface area contributed by atoms with Crippen molar-refractivity contribution in [1.82, 2.24) is 15.5 Å². The van der Waals surface area contributed by atoms with Crippen LogP contribution in [0.4, 0.5) is 5.82 Å². The average molecular weight is 312 g/mol. The zero-order chi connectivity index (χ0) is 16.1. The number of ether oxygens (including phenoxy) is 1. The number of benzene rings is 1. The third kappa shape index (κ3) is 3.59. The molecule has 2 aromatic rings. The smallest absolute Gasteiger partial charge is 0.272 e. The number of amides is 1. The van der Waals surface area contributed by atoms with Gasteiger partial charge in [0.05, 0.1) is 7.11 Å². The minimum atomic E-state index is -0.239. The molecule has 1 saturated heterocycles. The second-order valence-corrected chi connectivity index (χ2v) is 5.47. The van der Waals surface area contributed by atoms with Crippen molar-refractivity contribution in [2.24, 2.45) is 0 Å². The molecule has 120 valence electrons. The van der Waals surface area contributed by atoms with E-state index in [4.69, 9.17) is 4.74 Å². The molecule has 6 nitrogen and oxygen atoms in total. The van der Waals surface area contributed by atoms with Gasteiger partial charge in [-0.2, -0.15) is 0 Å². The van der Waals surface area contributed by atoms with Gasteiger partial charge in [0.2, 0.25) is 0 Å². The average Bonchev–Trinajstić information content (AvgIpc) is 3.14. The molecule has 1 fully saturated rings.